The Morgan fingerprint density at radius 3 is 2.50 bits per heavy atom. The number of benzene rings is 2. The second-order valence-corrected chi connectivity index (χ2v) is 11.1. The van der Waals surface area contributed by atoms with Crippen molar-refractivity contribution in [2.75, 3.05) is 56.5 Å². The van der Waals surface area contributed by atoms with Crippen LogP contribution in [0, 0.1) is 17.6 Å². The van der Waals surface area contributed by atoms with Gasteiger partial charge in [0.1, 0.15) is 5.82 Å². The molecule has 0 aliphatic carbocycles. The molecule has 0 radical (unpaired) electrons. The van der Waals surface area contributed by atoms with E-state index in [-0.39, 0.29) is 42.4 Å². The topological polar surface area (TPSA) is 132 Å². The van der Waals surface area contributed by atoms with Crippen molar-refractivity contribution in [1.82, 2.24) is 25.1 Å². The number of nitrogens with one attached hydrogen (secondary N) is 3. The van der Waals surface area contributed by atoms with Crippen LogP contribution in [0.15, 0.2) is 54.7 Å². The van der Waals surface area contributed by atoms with Gasteiger partial charge in [0.25, 0.3) is 11.8 Å². The summed E-state index contributed by atoms with van der Waals surface area (Å²) in [5, 5.41) is 18.3. The number of rotatable bonds is 10. The Bertz CT molecular complexity index is 1430. The van der Waals surface area contributed by atoms with E-state index in [1.54, 1.807) is 35.2 Å². The maximum absolute atomic E-state index is 14.5. The van der Waals surface area contributed by atoms with Crippen molar-refractivity contribution in [3.63, 3.8) is 0 Å². The molecule has 3 amide bonds. The number of likely N-dealkylation sites (tertiary alicyclic amines) is 2. The van der Waals surface area contributed by atoms with Gasteiger partial charge in [-0.05, 0) is 68.0 Å². The molecule has 2 aliphatic heterocycles. The molecule has 0 bridgehead atoms. The van der Waals surface area contributed by atoms with E-state index in [2.05, 4.69) is 30.8 Å². The van der Waals surface area contributed by atoms with Gasteiger partial charge in [0, 0.05) is 56.2 Å². The van der Waals surface area contributed by atoms with Crippen LogP contribution in [-0.4, -0.2) is 88.8 Å². The van der Waals surface area contributed by atoms with Crippen molar-refractivity contribution in [1.29, 1.82) is 0 Å². The smallest absolute Gasteiger partial charge is 0.321 e. The van der Waals surface area contributed by atoms with Crippen LogP contribution >= 0.6 is 0 Å². The highest BCUT2D eigenvalue weighted by Gasteiger charge is 2.24. The van der Waals surface area contributed by atoms with E-state index in [1.165, 1.54) is 18.2 Å². The van der Waals surface area contributed by atoms with E-state index in [0.717, 1.165) is 32.1 Å². The summed E-state index contributed by atoms with van der Waals surface area (Å²) in [6, 6.07) is 12.3. The standard InChI is InChI=1S/C31H37F2N7O4/c32-23-4-2-6-25(18-23)37-31(43)40-14-7-21(8-15-40)20-44-29-27(33)19-35-30(38-29)36-24-5-1-3-22(17-24)28(42)34-11-16-39-12-9-26(41)10-13-39/h1-6,17-19,21,26,41H,7-16,20H2,(H,34,42)(H,37,43)(H,35,36,38). The summed E-state index contributed by atoms with van der Waals surface area (Å²) >= 11 is 0. The lowest BCUT2D eigenvalue weighted by Gasteiger charge is -2.31. The highest BCUT2D eigenvalue weighted by molar-refractivity contribution is 5.95. The van der Waals surface area contributed by atoms with Crippen LogP contribution in [0.25, 0.3) is 0 Å². The molecule has 0 unspecified atom stereocenters. The lowest BCUT2D eigenvalue weighted by molar-refractivity contribution is 0.0804. The monoisotopic (exact) mass is 609 g/mol. The van der Waals surface area contributed by atoms with Crippen LogP contribution in [0.5, 0.6) is 5.88 Å². The summed E-state index contributed by atoms with van der Waals surface area (Å²) in [5.74, 6) is -1.31. The van der Waals surface area contributed by atoms with E-state index in [1.807, 2.05) is 0 Å². The highest BCUT2D eigenvalue weighted by atomic mass is 19.1. The van der Waals surface area contributed by atoms with Gasteiger partial charge >= 0.3 is 6.03 Å². The number of aromatic nitrogens is 2. The number of amides is 3. The minimum atomic E-state index is -0.696. The SMILES string of the molecule is O=C(NCCN1CCC(O)CC1)c1cccc(Nc2ncc(F)c(OCC3CCN(C(=O)Nc4cccc(F)c4)CC3)n2)c1. The van der Waals surface area contributed by atoms with Crippen molar-refractivity contribution in [2.45, 2.75) is 31.8 Å². The number of urea groups is 1. The quantitative estimate of drug-likeness (QED) is 0.271. The number of ether oxygens (including phenoxy) is 1. The first-order valence-electron chi connectivity index (χ1n) is 14.8. The fourth-order valence-corrected chi connectivity index (χ4v) is 5.22. The zero-order valence-electron chi connectivity index (χ0n) is 24.3. The Labute approximate surface area is 254 Å². The zero-order chi connectivity index (χ0) is 30.9. The molecular formula is C31H37F2N7O4. The minimum Gasteiger partial charge on any atom is -0.475 e. The summed E-state index contributed by atoms with van der Waals surface area (Å²) in [5.41, 5.74) is 1.41. The molecule has 2 saturated heterocycles. The van der Waals surface area contributed by atoms with Crippen molar-refractivity contribution in [2.24, 2.45) is 5.92 Å². The number of anilines is 3. The van der Waals surface area contributed by atoms with Crippen LogP contribution in [0.4, 0.5) is 30.9 Å². The molecule has 2 aromatic carbocycles. The predicted molar refractivity (Wildman–Crippen MR) is 161 cm³/mol. The number of hydrogen-bond acceptors (Lipinski definition) is 8. The van der Waals surface area contributed by atoms with Crippen molar-refractivity contribution >= 4 is 29.3 Å². The summed E-state index contributed by atoms with van der Waals surface area (Å²) in [4.78, 5) is 37.3. The van der Waals surface area contributed by atoms with Gasteiger partial charge in [-0.15, -0.1) is 0 Å². The van der Waals surface area contributed by atoms with E-state index in [0.29, 0.717) is 56.0 Å². The first-order chi connectivity index (χ1) is 21.3. The Balaban J connectivity index is 1.07. The van der Waals surface area contributed by atoms with Crippen LogP contribution in [0.1, 0.15) is 36.0 Å². The third kappa shape index (κ3) is 8.83. The van der Waals surface area contributed by atoms with Gasteiger partial charge in [-0.1, -0.05) is 12.1 Å². The molecule has 0 saturated carbocycles. The number of carbonyl (C=O) groups is 2. The van der Waals surface area contributed by atoms with Crippen LogP contribution in [0.3, 0.4) is 0 Å². The first-order valence-corrected chi connectivity index (χ1v) is 14.8. The largest absolute Gasteiger partial charge is 0.475 e. The summed E-state index contributed by atoms with van der Waals surface area (Å²) in [7, 11) is 0. The lowest BCUT2D eigenvalue weighted by Crippen LogP contribution is -2.42. The summed E-state index contributed by atoms with van der Waals surface area (Å²) in [6.07, 6.45) is 3.61. The molecule has 0 atom stereocenters. The Kier molecular flexibility index (Phi) is 10.5. The van der Waals surface area contributed by atoms with Crippen LogP contribution < -0.4 is 20.7 Å². The first kappa shape index (κ1) is 31.1. The van der Waals surface area contributed by atoms with Crippen LogP contribution in [-0.2, 0) is 0 Å². The molecule has 11 nitrogen and oxygen atoms in total. The summed E-state index contributed by atoms with van der Waals surface area (Å²) < 4.78 is 33.6. The third-order valence-electron chi connectivity index (χ3n) is 7.80. The van der Waals surface area contributed by atoms with E-state index >= 15 is 0 Å². The van der Waals surface area contributed by atoms with Crippen molar-refractivity contribution in [3.8, 4) is 5.88 Å². The fourth-order valence-electron chi connectivity index (χ4n) is 5.22. The lowest BCUT2D eigenvalue weighted by atomic mass is 9.98. The van der Waals surface area contributed by atoms with E-state index < -0.39 is 11.6 Å². The van der Waals surface area contributed by atoms with Gasteiger partial charge in [0.05, 0.1) is 18.9 Å². The van der Waals surface area contributed by atoms with Gasteiger partial charge in [-0.25, -0.2) is 14.2 Å². The maximum Gasteiger partial charge on any atom is 0.321 e. The zero-order valence-corrected chi connectivity index (χ0v) is 24.3. The number of halogens is 2. The highest BCUT2D eigenvalue weighted by Crippen LogP contribution is 2.23. The molecule has 2 aliphatic rings. The molecule has 2 fully saturated rings. The Morgan fingerprint density at radius 2 is 1.73 bits per heavy atom. The number of hydrogen-bond donors (Lipinski definition) is 4. The molecule has 0 spiro atoms. The van der Waals surface area contributed by atoms with E-state index in [9.17, 15) is 23.5 Å². The van der Waals surface area contributed by atoms with Gasteiger partial charge in [-0.3, -0.25) is 4.79 Å². The Hall–Kier alpha value is -4.36. The van der Waals surface area contributed by atoms with Gasteiger partial charge in [0.15, 0.2) is 0 Å². The number of nitrogens with zero attached hydrogens (tertiary/aromatic N) is 4. The fraction of sp³-hybridized carbons (Fsp3) is 0.419. The number of aliphatic hydroxyl groups is 1. The normalized spacial score (nSPS) is 16.4. The average molecular weight is 610 g/mol. The van der Waals surface area contributed by atoms with Gasteiger partial charge in [0.2, 0.25) is 11.8 Å². The number of carbonyl (C=O) groups excluding carboxylic acids is 2. The van der Waals surface area contributed by atoms with E-state index in [4.69, 9.17) is 4.74 Å². The molecule has 1 aromatic heterocycles. The second-order valence-electron chi connectivity index (χ2n) is 11.1. The maximum atomic E-state index is 14.5. The van der Waals surface area contributed by atoms with Gasteiger partial charge < -0.3 is 35.6 Å². The molecular weight excluding hydrogens is 572 g/mol. The third-order valence-corrected chi connectivity index (χ3v) is 7.80. The molecule has 44 heavy (non-hydrogen) atoms. The average Bonchev–Trinajstić information content (AvgIpc) is 3.02. The molecule has 234 valence electrons. The number of piperidine rings is 2. The molecule has 3 aromatic rings. The van der Waals surface area contributed by atoms with Crippen molar-refractivity contribution in [3.05, 3.63) is 71.9 Å². The predicted octanol–water partition coefficient (Wildman–Crippen LogP) is 4.01. The van der Waals surface area contributed by atoms with Crippen molar-refractivity contribution < 1.29 is 28.2 Å². The minimum absolute atomic E-state index is 0.0932. The second kappa shape index (κ2) is 14.9. The molecule has 3 heterocycles. The number of aliphatic hydroxyl groups excluding tert-OH is 1. The van der Waals surface area contributed by atoms with Gasteiger partial charge in [-0.2, -0.15) is 9.37 Å². The summed E-state index contributed by atoms with van der Waals surface area (Å²) in [6.45, 7) is 4.04. The molecule has 13 heteroatoms. The Morgan fingerprint density at radius 1 is 0.977 bits per heavy atom. The molecule has 5 rings (SSSR count). The molecule has 4 N–H and O–H groups in total. The van der Waals surface area contributed by atoms with Crippen LogP contribution in [0.2, 0.25) is 0 Å².